The summed E-state index contributed by atoms with van der Waals surface area (Å²) in [5.41, 5.74) is 4.58. The summed E-state index contributed by atoms with van der Waals surface area (Å²) in [6.45, 7) is 6.07. The highest BCUT2D eigenvalue weighted by atomic mass is 15.1. The SMILES string of the molecule is C=Cc1c(C)n(-c2ccccc2)c[n+]1-c1ccccc1. The highest BCUT2D eigenvalue weighted by molar-refractivity contribution is 5.46. The van der Waals surface area contributed by atoms with Crippen LogP contribution < -0.4 is 4.57 Å². The molecule has 0 fully saturated rings. The lowest BCUT2D eigenvalue weighted by molar-refractivity contribution is -0.596. The number of rotatable bonds is 3. The summed E-state index contributed by atoms with van der Waals surface area (Å²) in [7, 11) is 0. The molecular weight excluding hydrogens is 244 g/mol. The van der Waals surface area contributed by atoms with Crippen molar-refractivity contribution in [3.05, 3.63) is 85.0 Å². The Labute approximate surface area is 119 Å². The molecule has 98 valence electrons. The minimum Gasteiger partial charge on any atom is -0.199 e. The zero-order chi connectivity index (χ0) is 13.9. The smallest absolute Gasteiger partial charge is 0.199 e. The highest BCUT2D eigenvalue weighted by Crippen LogP contribution is 2.15. The third kappa shape index (κ3) is 2.05. The lowest BCUT2D eigenvalue weighted by Crippen LogP contribution is -2.31. The van der Waals surface area contributed by atoms with E-state index in [1.807, 2.05) is 30.3 Å². The van der Waals surface area contributed by atoms with E-state index in [0.29, 0.717) is 0 Å². The van der Waals surface area contributed by atoms with E-state index in [0.717, 1.165) is 17.1 Å². The molecule has 3 rings (SSSR count). The molecule has 0 amide bonds. The van der Waals surface area contributed by atoms with Crippen molar-refractivity contribution in [3.8, 4) is 11.4 Å². The topological polar surface area (TPSA) is 8.81 Å². The van der Waals surface area contributed by atoms with Crippen molar-refractivity contribution in [1.29, 1.82) is 0 Å². The van der Waals surface area contributed by atoms with Gasteiger partial charge in [-0.3, -0.25) is 0 Å². The number of nitrogens with zero attached hydrogens (tertiary/aromatic N) is 2. The van der Waals surface area contributed by atoms with Crippen molar-refractivity contribution >= 4 is 6.08 Å². The molecule has 0 N–H and O–H groups in total. The van der Waals surface area contributed by atoms with E-state index >= 15 is 0 Å². The first-order valence-corrected chi connectivity index (χ1v) is 6.68. The number of hydrogen-bond donors (Lipinski definition) is 0. The van der Waals surface area contributed by atoms with Crippen LogP contribution in [0.5, 0.6) is 0 Å². The molecule has 20 heavy (non-hydrogen) atoms. The van der Waals surface area contributed by atoms with Crippen molar-refractivity contribution in [1.82, 2.24) is 4.57 Å². The molecule has 0 spiro atoms. The van der Waals surface area contributed by atoms with Crippen LogP contribution in [0.25, 0.3) is 17.5 Å². The Bertz CT molecular complexity index is 725. The Morgan fingerprint density at radius 3 is 2.15 bits per heavy atom. The average Bonchev–Trinajstić information content (AvgIpc) is 2.86. The molecular formula is C18H17N2+. The monoisotopic (exact) mass is 261 g/mol. The summed E-state index contributed by atoms with van der Waals surface area (Å²) in [5, 5.41) is 0. The number of hydrogen-bond acceptors (Lipinski definition) is 0. The second kappa shape index (κ2) is 5.17. The summed E-state index contributed by atoms with van der Waals surface area (Å²) in [5.74, 6) is 0. The van der Waals surface area contributed by atoms with Crippen LogP contribution in [0.4, 0.5) is 0 Å². The zero-order valence-electron chi connectivity index (χ0n) is 11.5. The van der Waals surface area contributed by atoms with Crippen LogP contribution >= 0.6 is 0 Å². The van der Waals surface area contributed by atoms with Gasteiger partial charge >= 0.3 is 0 Å². The molecule has 0 saturated heterocycles. The van der Waals surface area contributed by atoms with Crippen LogP contribution in [0.3, 0.4) is 0 Å². The van der Waals surface area contributed by atoms with E-state index in [-0.39, 0.29) is 0 Å². The molecule has 0 aliphatic rings. The fraction of sp³-hybridized carbons (Fsp3) is 0.0556. The maximum Gasteiger partial charge on any atom is 0.254 e. The largest absolute Gasteiger partial charge is 0.254 e. The predicted molar refractivity (Wildman–Crippen MR) is 82.1 cm³/mol. The second-order valence-corrected chi connectivity index (χ2v) is 4.70. The van der Waals surface area contributed by atoms with Crippen molar-refractivity contribution in [3.63, 3.8) is 0 Å². The van der Waals surface area contributed by atoms with Gasteiger partial charge in [-0.15, -0.1) is 0 Å². The Kier molecular flexibility index (Phi) is 3.21. The highest BCUT2D eigenvalue weighted by Gasteiger charge is 2.19. The summed E-state index contributed by atoms with van der Waals surface area (Å²) in [6, 6.07) is 20.7. The number of aromatic nitrogens is 2. The molecule has 2 heteroatoms. The fourth-order valence-electron chi connectivity index (χ4n) is 2.45. The van der Waals surface area contributed by atoms with Crippen LogP contribution in [0.15, 0.2) is 73.6 Å². The molecule has 2 aromatic carbocycles. The van der Waals surface area contributed by atoms with E-state index < -0.39 is 0 Å². The summed E-state index contributed by atoms with van der Waals surface area (Å²) >= 11 is 0. The van der Waals surface area contributed by atoms with Crippen LogP contribution in [0.1, 0.15) is 11.4 Å². The maximum absolute atomic E-state index is 3.95. The number of benzene rings is 2. The van der Waals surface area contributed by atoms with Crippen molar-refractivity contribution in [2.45, 2.75) is 6.92 Å². The molecule has 0 atom stereocenters. The van der Waals surface area contributed by atoms with Crippen molar-refractivity contribution in [2.75, 3.05) is 0 Å². The molecule has 0 saturated carbocycles. The first kappa shape index (κ1) is 12.4. The van der Waals surface area contributed by atoms with Gasteiger partial charge in [0.15, 0.2) is 11.4 Å². The quantitative estimate of drug-likeness (QED) is 0.636. The summed E-state index contributed by atoms with van der Waals surface area (Å²) in [4.78, 5) is 0. The van der Waals surface area contributed by atoms with Gasteiger partial charge in [0.1, 0.15) is 11.4 Å². The predicted octanol–water partition coefficient (Wildman–Crippen LogP) is 3.71. The molecule has 0 unspecified atom stereocenters. The molecule has 0 radical (unpaired) electrons. The van der Waals surface area contributed by atoms with E-state index in [1.54, 1.807) is 0 Å². The molecule has 1 heterocycles. The minimum absolute atomic E-state index is 1.11. The Hall–Kier alpha value is -2.61. The third-order valence-corrected chi connectivity index (χ3v) is 3.48. The number of para-hydroxylation sites is 2. The van der Waals surface area contributed by atoms with Crippen LogP contribution in [-0.4, -0.2) is 4.57 Å². The van der Waals surface area contributed by atoms with Gasteiger partial charge in [0, 0.05) is 6.92 Å². The molecule has 0 aliphatic heterocycles. The van der Waals surface area contributed by atoms with Gasteiger partial charge in [0.25, 0.3) is 6.33 Å². The van der Waals surface area contributed by atoms with Crippen LogP contribution in [-0.2, 0) is 0 Å². The average molecular weight is 261 g/mol. The molecule has 3 aromatic rings. The molecule has 0 aliphatic carbocycles. The second-order valence-electron chi connectivity index (χ2n) is 4.70. The lowest BCUT2D eigenvalue weighted by Gasteiger charge is -1.96. The van der Waals surface area contributed by atoms with Gasteiger partial charge in [0.2, 0.25) is 0 Å². The number of imidazole rings is 1. The van der Waals surface area contributed by atoms with E-state index in [1.165, 1.54) is 5.69 Å². The van der Waals surface area contributed by atoms with E-state index in [9.17, 15) is 0 Å². The van der Waals surface area contributed by atoms with E-state index in [4.69, 9.17) is 0 Å². The molecule has 2 nitrogen and oxygen atoms in total. The molecule has 0 bridgehead atoms. The van der Waals surface area contributed by atoms with Gasteiger partial charge in [0.05, 0.1) is 0 Å². The molecule has 1 aromatic heterocycles. The summed E-state index contributed by atoms with van der Waals surface area (Å²) in [6.07, 6.45) is 4.01. The van der Waals surface area contributed by atoms with Gasteiger partial charge in [-0.05, 0) is 30.3 Å². The minimum atomic E-state index is 1.11. The van der Waals surface area contributed by atoms with Gasteiger partial charge < -0.3 is 0 Å². The van der Waals surface area contributed by atoms with Crippen molar-refractivity contribution in [2.24, 2.45) is 0 Å². The third-order valence-electron chi connectivity index (χ3n) is 3.48. The van der Waals surface area contributed by atoms with Gasteiger partial charge in [-0.25, -0.2) is 0 Å². The van der Waals surface area contributed by atoms with Crippen LogP contribution in [0, 0.1) is 6.92 Å². The van der Waals surface area contributed by atoms with Crippen LogP contribution in [0.2, 0.25) is 0 Å². The zero-order valence-corrected chi connectivity index (χ0v) is 11.5. The van der Waals surface area contributed by atoms with Gasteiger partial charge in [-0.1, -0.05) is 43.0 Å². The Morgan fingerprint density at radius 1 is 0.950 bits per heavy atom. The first-order chi connectivity index (χ1) is 9.81. The summed E-state index contributed by atoms with van der Waals surface area (Å²) < 4.78 is 4.35. The van der Waals surface area contributed by atoms with E-state index in [2.05, 4.69) is 65.4 Å². The standard InChI is InChI=1S/C18H17N2/c1-3-18-15(2)19(16-10-6-4-7-11-16)14-20(18)17-12-8-5-9-13-17/h3-14H,1H2,2H3/q+1. The van der Waals surface area contributed by atoms with Crippen molar-refractivity contribution < 1.29 is 4.57 Å². The maximum atomic E-state index is 3.95. The lowest BCUT2D eigenvalue weighted by atomic mass is 10.2. The first-order valence-electron chi connectivity index (χ1n) is 6.68. The Morgan fingerprint density at radius 2 is 1.55 bits per heavy atom. The normalized spacial score (nSPS) is 10.4. The Balaban J connectivity index is 2.21. The fourth-order valence-corrected chi connectivity index (χ4v) is 2.45. The van der Waals surface area contributed by atoms with Gasteiger partial charge in [-0.2, -0.15) is 9.13 Å².